The van der Waals surface area contributed by atoms with E-state index in [4.69, 9.17) is 16.2 Å². The fourth-order valence-electron chi connectivity index (χ4n) is 1.24. The predicted molar refractivity (Wildman–Crippen MR) is 79.6 cm³/mol. The van der Waals surface area contributed by atoms with Gasteiger partial charge >= 0.3 is 0 Å². The van der Waals surface area contributed by atoms with Gasteiger partial charge in [-0.3, -0.25) is 4.99 Å². The molecule has 6 heteroatoms. The van der Waals surface area contributed by atoms with Gasteiger partial charge in [-0.15, -0.1) is 0 Å². The van der Waals surface area contributed by atoms with Crippen molar-refractivity contribution in [2.45, 2.75) is 25.7 Å². The fourth-order valence-corrected chi connectivity index (χ4v) is 1.99. The Balaban J connectivity index is 2.33. The molecule has 0 unspecified atom stereocenters. The van der Waals surface area contributed by atoms with Crippen LogP contribution in [0.5, 0.6) is 0 Å². The van der Waals surface area contributed by atoms with E-state index in [0.717, 1.165) is 18.2 Å². The molecule has 0 aliphatic rings. The number of nitrogen functional groups attached to an aromatic ring is 2. The van der Waals surface area contributed by atoms with Crippen molar-refractivity contribution in [2.75, 3.05) is 24.8 Å². The maximum absolute atomic E-state index is 5.77. The second-order valence-electron chi connectivity index (χ2n) is 5.40. The fraction of sp³-hybridized carbons (Fsp3) is 0.500. The lowest BCUT2D eigenvalue weighted by atomic mass is 10.2. The van der Waals surface area contributed by atoms with Crippen molar-refractivity contribution >= 4 is 25.8 Å². The summed E-state index contributed by atoms with van der Waals surface area (Å²) in [6, 6.07) is 2.77. The predicted octanol–water partition coefficient (Wildman–Crippen LogP) is 1.98. The first kappa shape index (κ1) is 14.7. The van der Waals surface area contributed by atoms with Crippen LogP contribution >= 0.6 is 0 Å². The van der Waals surface area contributed by atoms with E-state index in [2.05, 4.69) is 29.6 Å². The van der Waals surface area contributed by atoms with Gasteiger partial charge in [0.2, 0.25) is 0 Å². The topological polar surface area (TPSA) is 86.5 Å². The normalized spacial score (nSPS) is 12.2. The van der Waals surface area contributed by atoms with E-state index in [1.165, 1.54) is 0 Å². The molecule has 1 heterocycles. The van der Waals surface area contributed by atoms with Gasteiger partial charge in [-0.2, -0.15) is 0 Å². The van der Waals surface area contributed by atoms with Gasteiger partial charge in [0, 0.05) is 44.4 Å². The number of nitrogens with zero attached hydrogens (tertiary/aromatic N) is 2. The van der Waals surface area contributed by atoms with E-state index in [1.54, 1.807) is 18.5 Å². The minimum Gasteiger partial charge on any atom is -0.398 e. The molecule has 0 spiro atoms. The lowest BCUT2D eigenvalue weighted by Gasteiger charge is -2.14. The number of aromatic nitrogens is 1. The smallest absolute Gasteiger partial charge is 0.137 e. The minimum atomic E-state index is -1.02. The van der Waals surface area contributed by atoms with Gasteiger partial charge in [0.15, 0.2) is 0 Å². The monoisotopic (exact) mass is 266 g/mol. The van der Waals surface area contributed by atoms with E-state index >= 15 is 0 Å². The Hall–Kier alpha value is -1.40. The standard InChI is InChI=1S/C12H22N4OSi/c1-18(2,3)5-4-17-9-15-7-10-8-16-12(14)6-11(10)13/h6-8H,4-5,9H2,1-3H3,(H4,13,14,16). The number of rotatable bonds is 6. The largest absolute Gasteiger partial charge is 0.398 e. The van der Waals surface area contributed by atoms with Crippen molar-refractivity contribution in [3.63, 3.8) is 0 Å². The van der Waals surface area contributed by atoms with Crippen LogP contribution < -0.4 is 11.5 Å². The van der Waals surface area contributed by atoms with Crippen LogP contribution in [0.15, 0.2) is 17.3 Å². The molecule has 0 aliphatic carbocycles. The summed E-state index contributed by atoms with van der Waals surface area (Å²) in [4.78, 5) is 8.12. The number of anilines is 2. The third-order valence-electron chi connectivity index (χ3n) is 2.38. The van der Waals surface area contributed by atoms with Crippen LogP contribution in [-0.4, -0.2) is 32.6 Å². The van der Waals surface area contributed by atoms with Gasteiger partial charge in [0.25, 0.3) is 0 Å². The number of nitrogens with two attached hydrogens (primary N) is 2. The van der Waals surface area contributed by atoms with Gasteiger partial charge in [0.05, 0.1) is 0 Å². The molecule has 1 aromatic rings. The molecule has 4 N–H and O–H groups in total. The Kier molecular flexibility index (Phi) is 5.30. The number of ether oxygens (including phenoxy) is 1. The summed E-state index contributed by atoms with van der Waals surface area (Å²) in [6.07, 6.45) is 3.27. The van der Waals surface area contributed by atoms with Gasteiger partial charge in [-0.1, -0.05) is 19.6 Å². The summed E-state index contributed by atoms with van der Waals surface area (Å²) in [7, 11) is -1.02. The summed E-state index contributed by atoms with van der Waals surface area (Å²) in [5.74, 6) is 0.413. The van der Waals surface area contributed by atoms with Crippen LogP contribution in [0, 0.1) is 0 Å². The number of aliphatic imine (C=N–C) groups is 1. The van der Waals surface area contributed by atoms with Gasteiger partial charge in [0.1, 0.15) is 12.5 Å². The maximum atomic E-state index is 5.77. The van der Waals surface area contributed by atoms with Crippen LogP contribution in [0.1, 0.15) is 5.56 Å². The lowest BCUT2D eigenvalue weighted by Crippen LogP contribution is -2.21. The molecule has 0 amide bonds. The van der Waals surface area contributed by atoms with Crippen LogP contribution in [-0.2, 0) is 4.74 Å². The average molecular weight is 266 g/mol. The van der Waals surface area contributed by atoms with E-state index in [0.29, 0.717) is 18.2 Å². The third kappa shape index (κ3) is 5.79. The molecule has 0 saturated carbocycles. The summed E-state index contributed by atoms with van der Waals surface area (Å²) < 4.78 is 5.45. The quantitative estimate of drug-likeness (QED) is 0.468. The maximum Gasteiger partial charge on any atom is 0.137 e. The molecule has 18 heavy (non-hydrogen) atoms. The van der Waals surface area contributed by atoms with Crippen LogP contribution in [0.25, 0.3) is 0 Å². The SMILES string of the molecule is C[Si](C)(C)CCOCN=Cc1cnc(N)cc1N. The zero-order valence-corrected chi connectivity index (χ0v) is 12.3. The highest BCUT2D eigenvalue weighted by molar-refractivity contribution is 6.76. The summed E-state index contributed by atoms with van der Waals surface area (Å²) in [6.45, 7) is 8.08. The summed E-state index contributed by atoms with van der Waals surface area (Å²) in [5, 5.41) is 0. The van der Waals surface area contributed by atoms with Crippen molar-refractivity contribution in [3.8, 4) is 0 Å². The summed E-state index contributed by atoms with van der Waals surface area (Å²) >= 11 is 0. The number of hydrogen-bond acceptors (Lipinski definition) is 5. The van der Waals surface area contributed by atoms with E-state index in [1.807, 2.05) is 0 Å². The Labute approximate surface area is 109 Å². The zero-order chi connectivity index (χ0) is 13.6. The van der Waals surface area contributed by atoms with E-state index in [9.17, 15) is 0 Å². The first-order valence-corrected chi connectivity index (χ1v) is 9.68. The molecule has 1 aromatic heterocycles. The van der Waals surface area contributed by atoms with E-state index in [-0.39, 0.29) is 0 Å². The highest BCUT2D eigenvalue weighted by Crippen LogP contribution is 2.10. The molecule has 0 saturated heterocycles. The molecule has 100 valence electrons. The number of hydrogen-bond donors (Lipinski definition) is 2. The van der Waals surface area contributed by atoms with Gasteiger partial charge in [-0.25, -0.2) is 4.98 Å². The molecule has 0 aromatic carbocycles. The molecule has 0 bridgehead atoms. The lowest BCUT2D eigenvalue weighted by molar-refractivity contribution is 0.156. The molecule has 0 radical (unpaired) electrons. The van der Waals surface area contributed by atoms with Crippen molar-refractivity contribution in [1.82, 2.24) is 4.98 Å². The zero-order valence-electron chi connectivity index (χ0n) is 11.3. The first-order valence-electron chi connectivity index (χ1n) is 5.97. The van der Waals surface area contributed by atoms with Crippen molar-refractivity contribution in [3.05, 3.63) is 17.8 Å². The second-order valence-corrected chi connectivity index (χ2v) is 11.0. The van der Waals surface area contributed by atoms with Crippen LogP contribution in [0.2, 0.25) is 25.7 Å². The van der Waals surface area contributed by atoms with Gasteiger partial charge in [-0.05, 0) is 6.04 Å². The molecular weight excluding hydrogens is 244 g/mol. The Bertz CT molecular complexity index is 415. The molecule has 0 aliphatic heterocycles. The van der Waals surface area contributed by atoms with Crippen molar-refractivity contribution in [2.24, 2.45) is 4.99 Å². The average Bonchev–Trinajstić information content (AvgIpc) is 2.24. The van der Waals surface area contributed by atoms with E-state index < -0.39 is 8.07 Å². The summed E-state index contributed by atoms with van der Waals surface area (Å²) in [5.41, 5.74) is 12.6. The highest BCUT2D eigenvalue weighted by Gasteiger charge is 2.11. The first-order chi connectivity index (χ1) is 8.38. The molecule has 0 fully saturated rings. The Morgan fingerprint density at radius 1 is 1.39 bits per heavy atom. The third-order valence-corrected chi connectivity index (χ3v) is 4.09. The van der Waals surface area contributed by atoms with Crippen LogP contribution in [0.4, 0.5) is 11.5 Å². The molecular formula is C12H22N4OSi. The molecule has 1 rings (SSSR count). The van der Waals surface area contributed by atoms with Crippen molar-refractivity contribution < 1.29 is 4.74 Å². The highest BCUT2D eigenvalue weighted by atomic mass is 28.3. The number of pyridine rings is 1. The Morgan fingerprint density at radius 3 is 2.72 bits per heavy atom. The van der Waals surface area contributed by atoms with Crippen molar-refractivity contribution in [1.29, 1.82) is 0 Å². The Morgan fingerprint density at radius 2 is 2.11 bits per heavy atom. The molecule has 5 nitrogen and oxygen atoms in total. The second kappa shape index (κ2) is 6.51. The minimum absolute atomic E-state index is 0.355. The van der Waals surface area contributed by atoms with Gasteiger partial charge < -0.3 is 16.2 Å². The van der Waals surface area contributed by atoms with Crippen LogP contribution in [0.3, 0.4) is 0 Å². The molecule has 0 atom stereocenters.